The topological polar surface area (TPSA) is 84.3 Å². The monoisotopic (exact) mass is 320 g/mol. The Kier molecular flexibility index (Phi) is 5.00. The Morgan fingerprint density at radius 2 is 2.25 bits per heavy atom. The van der Waals surface area contributed by atoms with Crippen molar-refractivity contribution < 1.29 is 13.2 Å². The molecule has 1 aliphatic rings. The summed E-state index contributed by atoms with van der Waals surface area (Å²) in [7, 11) is -3.08. The molecule has 1 fully saturated rings. The number of nitrogens with one attached hydrogen (secondary N) is 1. The van der Waals surface area contributed by atoms with Crippen LogP contribution in [0.2, 0.25) is 5.02 Å². The highest BCUT2D eigenvalue weighted by atomic mass is 35.5. The minimum Gasteiger partial charge on any atom is -0.355 e. The maximum atomic E-state index is 11.6. The molecule has 0 unspecified atom stereocenters. The standard InChI is InChI=1S/C11H17ClN4O3S/c12-10-8-14-15(9-10)5-2-11(17)13-3-6-16-4-1-7-20(16,18)19/h8-9H,1-7H2,(H,13,17). The second-order valence-corrected chi connectivity index (χ2v) is 7.12. The molecule has 112 valence electrons. The molecule has 0 aliphatic carbocycles. The Balaban J connectivity index is 1.65. The molecule has 7 nitrogen and oxygen atoms in total. The van der Waals surface area contributed by atoms with Crippen molar-refractivity contribution in [2.24, 2.45) is 0 Å². The molecule has 0 bridgehead atoms. The lowest BCUT2D eigenvalue weighted by molar-refractivity contribution is -0.121. The van der Waals surface area contributed by atoms with Gasteiger partial charge < -0.3 is 5.32 Å². The number of nitrogens with zero attached hydrogens (tertiary/aromatic N) is 3. The van der Waals surface area contributed by atoms with Crippen molar-refractivity contribution in [3.8, 4) is 0 Å². The van der Waals surface area contributed by atoms with Crippen LogP contribution in [0, 0.1) is 0 Å². The molecule has 9 heteroatoms. The molecule has 1 amide bonds. The van der Waals surface area contributed by atoms with Crippen LogP contribution in [0.15, 0.2) is 12.4 Å². The molecule has 0 saturated carbocycles. The van der Waals surface area contributed by atoms with E-state index < -0.39 is 10.0 Å². The number of aryl methyl sites for hydroxylation is 1. The van der Waals surface area contributed by atoms with Crippen LogP contribution >= 0.6 is 11.6 Å². The number of carbonyl (C=O) groups is 1. The van der Waals surface area contributed by atoms with E-state index in [9.17, 15) is 13.2 Å². The predicted octanol–water partition coefficient (Wildman–Crippen LogP) is 0.0783. The van der Waals surface area contributed by atoms with Crippen LogP contribution in [0.5, 0.6) is 0 Å². The zero-order valence-corrected chi connectivity index (χ0v) is 12.5. The van der Waals surface area contributed by atoms with E-state index >= 15 is 0 Å². The maximum absolute atomic E-state index is 11.6. The van der Waals surface area contributed by atoms with Gasteiger partial charge >= 0.3 is 0 Å². The maximum Gasteiger partial charge on any atom is 0.221 e. The van der Waals surface area contributed by atoms with Gasteiger partial charge in [0, 0.05) is 38.8 Å². The fraction of sp³-hybridized carbons (Fsp3) is 0.636. The van der Waals surface area contributed by atoms with E-state index in [1.807, 2.05) is 0 Å². The lowest BCUT2D eigenvalue weighted by Crippen LogP contribution is -2.36. The smallest absolute Gasteiger partial charge is 0.221 e. The number of sulfonamides is 1. The summed E-state index contributed by atoms with van der Waals surface area (Å²) in [5.74, 6) is 0.0780. The van der Waals surface area contributed by atoms with Crippen molar-refractivity contribution in [3.63, 3.8) is 0 Å². The molecule has 2 rings (SSSR count). The fourth-order valence-electron chi connectivity index (χ4n) is 2.03. The van der Waals surface area contributed by atoms with Gasteiger partial charge in [0.05, 0.1) is 17.0 Å². The van der Waals surface area contributed by atoms with E-state index in [1.165, 1.54) is 10.5 Å². The summed E-state index contributed by atoms with van der Waals surface area (Å²) in [6, 6.07) is 0. The number of amides is 1. The van der Waals surface area contributed by atoms with Gasteiger partial charge in [-0.05, 0) is 6.42 Å². The molecule has 20 heavy (non-hydrogen) atoms. The van der Waals surface area contributed by atoms with Gasteiger partial charge in [0.15, 0.2) is 0 Å². The summed E-state index contributed by atoms with van der Waals surface area (Å²) in [6.07, 6.45) is 4.10. The van der Waals surface area contributed by atoms with Crippen LogP contribution in [-0.4, -0.2) is 53.8 Å². The van der Waals surface area contributed by atoms with E-state index in [2.05, 4.69) is 10.4 Å². The molecule has 0 radical (unpaired) electrons. The van der Waals surface area contributed by atoms with Crippen molar-refractivity contribution in [2.75, 3.05) is 25.4 Å². The number of hydrogen-bond acceptors (Lipinski definition) is 4. The Bertz CT molecular complexity index is 572. The number of halogens is 1. The summed E-state index contributed by atoms with van der Waals surface area (Å²) >= 11 is 5.71. The van der Waals surface area contributed by atoms with Crippen LogP contribution in [0.25, 0.3) is 0 Å². The van der Waals surface area contributed by atoms with Gasteiger partial charge in [-0.2, -0.15) is 5.10 Å². The Labute approximate surface area is 122 Å². The molecule has 1 N–H and O–H groups in total. The van der Waals surface area contributed by atoms with Crippen molar-refractivity contribution >= 4 is 27.5 Å². The molecular formula is C11H17ClN4O3S. The first-order valence-corrected chi connectivity index (χ1v) is 8.38. The zero-order valence-electron chi connectivity index (χ0n) is 11.0. The van der Waals surface area contributed by atoms with Gasteiger partial charge in [-0.1, -0.05) is 11.6 Å². The molecule has 1 aliphatic heterocycles. The minimum absolute atomic E-state index is 0.131. The van der Waals surface area contributed by atoms with E-state index in [0.29, 0.717) is 37.6 Å². The second kappa shape index (κ2) is 6.55. The molecular weight excluding hydrogens is 304 g/mol. The highest BCUT2D eigenvalue weighted by molar-refractivity contribution is 7.89. The number of rotatable bonds is 6. The summed E-state index contributed by atoms with van der Waals surface area (Å²) in [6.45, 7) is 1.66. The van der Waals surface area contributed by atoms with Gasteiger partial charge in [-0.3, -0.25) is 9.48 Å². The van der Waals surface area contributed by atoms with Crippen molar-refractivity contribution in [3.05, 3.63) is 17.4 Å². The van der Waals surface area contributed by atoms with E-state index in [1.54, 1.807) is 10.9 Å². The highest BCUT2D eigenvalue weighted by Crippen LogP contribution is 2.11. The lowest BCUT2D eigenvalue weighted by Gasteiger charge is -2.14. The predicted molar refractivity (Wildman–Crippen MR) is 74.8 cm³/mol. The van der Waals surface area contributed by atoms with E-state index in [-0.39, 0.29) is 18.1 Å². The van der Waals surface area contributed by atoms with Crippen molar-refractivity contribution in [2.45, 2.75) is 19.4 Å². The van der Waals surface area contributed by atoms with E-state index in [0.717, 1.165) is 0 Å². The van der Waals surface area contributed by atoms with Crippen LogP contribution in [0.1, 0.15) is 12.8 Å². The SMILES string of the molecule is O=C(CCn1cc(Cl)cn1)NCCN1CCCS1(=O)=O. The van der Waals surface area contributed by atoms with Crippen molar-refractivity contribution in [1.29, 1.82) is 0 Å². The minimum atomic E-state index is -3.08. The van der Waals surface area contributed by atoms with E-state index in [4.69, 9.17) is 11.6 Å². The molecule has 0 atom stereocenters. The first-order chi connectivity index (χ1) is 9.47. The third-order valence-electron chi connectivity index (χ3n) is 3.06. The highest BCUT2D eigenvalue weighted by Gasteiger charge is 2.27. The molecule has 2 heterocycles. The first kappa shape index (κ1) is 15.3. The first-order valence-electron chi connectivity index (χ1n) is 6.40. The third-order valence-corrected chi connectivity index (χ3v) is 5.21. The molecule has 0 spiro atoms. The van der Waals surface area contributed by atoms with Crippen LogP contribution < -0.4 is 5.32 Å². The average Bonchev–Trinajstić information content (AvgIpc) is 2.93. The number of carbonyl (C=O) groups excluding carboxylic acids is 1. The van der Waals surface area contributed by atoms with Crippen LogP contribution in [-0.2, 0) is 21.4 Å². The van der Waals surface area contributed by atoms with Gasteiger partial charge in [0.1, 0.15) is 0 Å². The Morgan fingerprint density at radius 1 is 1.45 bits per heavy atom. The van der Waals surface area contributed by atoms with Crippen molar-refractivity contribution in [1.82, 2.24) is 19.4 Å². The lowest BCUT2D eigenvalue weighted by atomic mass is 10.4. The molecule has 1 saturated heterocycles. The second-order valence-electron chi connectivity index (χ2n) is 4.59. The van der Waals surface area contributed by atoms with Gasteiger partial charge in [-0.25, -0.2) is 12.7 Å². The fourth-order valence-corrected chi connectivity index (χ4v) is 3.71. The van der Waals surface area contributed by atoms with Gasteiger partial charge in [-0.15, -0.1) is 0 Å². The average molecular weight is 321 g/mol. The largest absolute Gasteiger partial charge is 0.355 e. The molecule has 0 aromatic carbocycles. The summed E-state index contributed by atoms with van der Waals surface area (Å²) < 4.78 is 26.1. The van der Waals surface area contributed by atoms with Gasteiger partial charge in [0.2, 0.25) is 15.9 Å². The van der Waals surface area contributed by atoms with Gasteiger partial charge in [0.25, 0.3) is 0 Å². The molecule has 1 aromatic heterocycles. The molecule has 1 aromatic rings. The summed E-state index contributed by atoms with van der Waals surface area (Å²) in [5.41, 5.74) is 0. The quantitative estimate of drug-likeness (QED) is 0.804. The summed E-state index contributed by atoms with van der Waals surface area (Å²) in [4.78, 5) is 11.6. The summed E-state index contributed by atoms with van der Waals surface area (Å²) in [5, 5.41) is 7.20. The third kappa shape index (κ3) is 4.19. The Morgan fingerprint density at radius 3 is 2.85 bits per heavy atom. The van der Waals surface area contributed by atoms with Crippen LogP contribution in [0.4, 0.5) is 0 Å². The number of hydrogen-bond donors (Lipinski definition) is 1. The zero-order chi connectivity index (χ0) is 14.6. The van der Waals surface area contributed by atoms with Crippen LogP contribution in [0.3, 0.4) is 0 Å². The Hall–Kier alpha value is -1.12. The normalized spacial score (nSPS) is 18.2. The number of aromatic nitrogens is 2.